The third kappa shape index (κ3) is 4.97. The van der Waals surface area contributed by atoms with Crippen LogP contribution in [-0.2, 0) is 14.0 Å². The van der Waals surface area contributed by atoms with Gasteiger partial charge in [0, 0.05) is 13.0 Å². The highest BCUT2D eigenvalue weighted by atomic mass is 28.4. The van der Waals surface area contributed by atoms with E-state index in [-0.39, 0.29) is 11.1 Å². The first-order valence-corrected chi connectivity index (χ1v) is 13.1. The van der Waals surface area contributed by atoms with Crippen LogP contribution in [-0.4, -0.2) is 49.9 Å². The van der Waals surface area contributed by atoms with Gasteiger partial charge in [-0.3, -0.25) is 4.90 Å². The summed E-state index contributed by atoms with van der Waals surface area (Å²) in [7, 11) is -2.76. The molecule has 6 heteroatoms. The molecule has 3 rings (SSSR count). The molecule has 1 aliphatic rings. The van der Waals surface area contributed by atoms with E-state index < -0.39 is 26.1 Å². The lowest BCUT2D eigenvalue weighted by atomic mass is 10.2. The van der Waals surface area contributed by atoms with E-state index >= 15 is 0 Å². The van der Waals surface area contributed by atoms with Gasteiger partial charge in [0.15, 0.2) is 0 Å². The number of amides is 1. The summed E-state index contributed by atoms with van der Waals surface area (Å²) in [5.41, 5.74) is -0.624. The molecule has 1 aliphatic heterocycles. The summed E-state index contributed by atoms with van der Waals surface area (Å²) >= 11 is 0. The van der Waals surface area contributed by atoms with Crippen LogP contribution in [0.15, 0.2) is 60.7 Å². The quantitative estimate of drug-likeness (QED) is 0.504. The molecule has 2 atom stereocenters. The SMILES string of the molecule is CC(C)(C)OC(=O)N1C[C@H](O[Si](c2ccccc2)(c2ccccc2)C(C)(C)C)C[C@@H]1C=O. The van der Waals surface area contributed by atoms with E-state index in [2.05, 4.69) is 45.0 Å². The minimum atomic E-state index is -2.76. The van der Waals surface area contributed by atoms with Crippen molar-refractivity contribution in [3.05, 3.63) is 60.7 Å². The minimum Gasteiger partial charge on any atom is -0.444 e. The first-order chi connectivity index (χ1) is 15.0. The summed E-state index contributed by atoms with van der Waals surface area (Å²) < 4.78 is 12.7. The summed E-state index contributed by atoms with van der Waals surface area (Å²) in [6.07, 6.45) is 0.568. The van der Waals surface area contributed by atoms with Crippen molar-refractivity contribution in [3.8, 4) is 0 Å². The van der Waals surface area contributed by atoms with Crippen LogP contribution in [0.5, 0.6) is 0 Å². The third-order valence-corrected chi connectivity index (χ3v) is 10.9. The van der Waals surface area contributed by atoms with Crippen molar-refractivity contribution in [3.63, 3.8) is 0 Å². The molecule has 2 aromatic rings. The van der Waals surface area contributed by atoms with Gasteiger partial charge in [0.1, 0.15) is 11.9 Å². The summed E-state index contributed by atoms with van der Waals surface area (Å²) in [6.45, 7) is 12.5. The lowest BCUT2D eigenvalue weighted by Crippen LogP contribution is -2.67. The zero-order valence-corrected chi connectivity index (χ0v) is 21.0. The molecule has 0 aromatic heterocycles. The Labute approximate surface area is 192 Å². The Balaban J connectivity index is 2.01. The molecule has 0 N–H and O–H groups in total. The molecule has 0 spiro atoms. The number of ether oxygens (including phenoxy) is 1. The van der Waals surface area contributed by atoms with Crippen molar-refractivity contribution in [1.82, 2.24) is 4.90 Å². The van der Waals surface area contributed by atoms with E-state index in [0.717, 1.165) is 6.29 Å². The van der Waals surface area contributed by atoms with Gasteiger partial charge in [-0.2, -0.15) is 0 Å². The van der Waals surface area contributed by atoms with Crippen molar-refractivity contribution in [1.29, 1.82) is 0 Å². The summed E-state index contributed by atoms with van der Waals surface area (Å²) in [6, 6.07) is 20.2. The lowest BCUT2D eigenvalue weighted by Gasteiger charge is -2.44. The molecule has 1 amide bonds. The second-order valence-corrected chi connectivity index (χ2v) is 14.7. The Morgan fingerprint density at radius 3 is 1.84 bits per heavy atom. The predicted molar refractivity (Wildman–Crippen MR) is 130 cm³/mol. The predicted octanol–water partition coefficient (Wildman–Crippen LogP) is 4.14. The zero-order valence-electron chi connectivity index (χ0n) is 20.0. The Morgan fingerprint density at radius 1 is 0.938 bits per heavy atom. The van der Waals surface area contributed by atoms with E-state index in [1.165, 1.54) is 15.3 Å². The number of nitrogens with zero attached hydrogens (tertiary/aromatic N) is 1. The van der Waals surface area contributed by atoms with Crippen LogP contribution in [0.4, 0.5) is 4.79 Å². The van der Waals surface area contributed by atoms with Crippen molar-refractivity contribution >= 4 is 31.1 Å². The van der Waals surface area contributed by atoms with E-state index in [1.54, 1.807) is 0 Å². The smallest absolute Gasteiger partial charge is 0.410 e. The van der Waals surface area contributed by atoms with Crippen LogP contribution in [0.1, 0.15) is 48.0 Å². The Kier molecular flexibility index (Phi) is 6.96. The highest BCUT2D eigenvalue weighted by Crippen LogP contribution is 2.39. The lowest BCUT2D eigenvalue weighted by molar-refractivity contribution is -0.111. The molecule has 1 saturated heterocycles. The van der Waals surface area contributed by atoms with Gasteiger partial charge in [0.2, 0.25) is 0 Å². The monoisotopic (exact) mass is 453 g/mol. The standard InChI is InChI=1S/C26H35NO4Si/c1-25(2,3)30-24(29)27-18-21(17-20(27)19-28)31-32(26(4,5)6,22-13-9-7-10-14-22)23-15-11-8-12-16-23/h7-16,19-21H,17-18H2,1-6H3/t20-,21-/m1/s1. The Morgan fingerprint density at radius 2 is 1.44 bits per heavy atom. The molecule has 0 aliphatic carbocycles. The molecule has 0 saturated carbocycles. The Hall–Kier alpha value is -2.44. The van der Waals surface area contributed by atoms with E-state index in [1.807, 2.05) is 57.2 Å². The number of hydrogen-bond acceptors (Lipinski definition) is 4. The number of hydrogen-bond donors (Lipinski definition) is 0. The van der Waals surface area contributed by atoms with Gasteiger partial charge in [-0.05, 0) is 36.2 Å². The molecule has 1 heterocycles. The maximum absolute atomic E-state index is 12.8. The van der Waals surface area contributed by atoms with Crippen LogP contribution >= 0.6 is 0 Å². The van der Waals surface area contributed by atoms with Gasteiger partial charge in [0.25, 0.3) is 8.32 Å². The number of carbonyl (C=O) groups excluding carboxylic acids is 2. The number of aldehydes is 1. The van der Waals surface area contributed by atoms with Gasteiger partial charge in [0.05, 0.1) is 12.1 Å². The summed E-state index contributed by atoms with van der Waals surface area (Å²) in [4.78, 5) is 26.1. The summed E-state index contributed by atoms with van der Waals surface area (Å²) in [5.74, 6) is 0. The topological polar surface area (TPSA) is 55.8 Å². The number of carbonyl (C=O) groups is 2. The van der Waals surface area contributed by atoms with Gasteiger partial charge >= 0.3 is 6.09 Å². The normalized spacial score (nSPS) is 19.6. The van der Waals surface area contributed by atoms with Crippen molar-refractivity contribution in [2.75, 3.05) is 6.54 Å². The Bertz CT molecular complexity index is 879. The number of benzene rings is 2. The molecule has 0 unspecified atom stereocenters. The molecule has 2 aromatic carbocycles. The van der Waals surface area contributed by atoms with Crippen molar-refractivity contribution in [2.45, 2.75) is 70.7 Å². The van der Waals surface area contributed by atoms with Crippen LogP contribution in [0, 0.1) is 0 Å². The fraction of sp³-hybridized carbons (Fsp3) is 0.462. The average Bonchev–Trinajstić information content (AvgIpc) is 3.14. The van der Waals surface area contributed by atoms with E-state index in [4.69, 9.17) is 9.16 Å². The van der Waals surface area contributed by atoms with Crippen LogP contribution in [0.2, 0.25) is 5.04 Å². The van der Waals surface area contributed by atoms with Crippen molar-refractivity contribution < 1.29 is 18.8 Å². The second-order valence-electron chi connectivity index (χ2n) is 10.5. The number of likely N-dealkylation sites (tertiary alicyclic amines) is 1. The second kappa shape index (κ2) is 9.20. The highest BCUT2D eigenvalue weighted by Gasteiger charge is 2.53. The maximum atomic E-state index is 12.8. The molecule has 1 fully saturated rings. The minimum absolute atomic E-state index is 0.175. The average molecular weight is 454 g/mol. The molecular formula is C26H35NO4Si. The maximum Gasteiger partial charge on any atom is 0.410 e. The largest absolute Gasteiger partial charge is 0.444 e. The third-order valence-electron chi connectivity index (χ3n) is 5.85. The first-order valence-electron chi connectivity index (χ1n) is 11.2. The van der Waals surface area contributed by atoms with E-state index in [0.29, 0.717) is 13.0 Å². The summed E-state index contributed by atoms with van der Waals surface area (Å²) in [5, 5.41) is 2.18. The molecule has 32 heavy (non-hydrogen) atoms. The molecule has 172 valence electrons. The fourth-order valence-corrected chi connectivity index (χ4v) is 9.20. The van der Waals surface area contributed by atoms with Gasteiger partial charge in [-0.1, -0.05) is 81.4 Å². The molecule has 0 bridgehead atoms. The van der Waals surface area contributed by atoms with E-state index in [9.17, 15) is 9.59 Å². The molecule has 5 nitrogen and oxygen atoms in total. The molecule has 0 radical (unpaired) electrons. The first kappa shape index (κ1) is 24.2. The molecular weight excluding hydrogens is 418 g/mol. The van der Waals surface area contributed by atoms with Gasteiger partial charge in [-0.15, -0.1) is 0 Å². The van der Waals surface area contributed by atoms with Gasteiger partial charge < -0.3 is 14.0 Å². The van der Waals surface area contributed by atoms with Crippen LogP contribution in [0.25, 0.3) is 0 Å². The van der Waals surface area contributed by atoms with Gasteiger partial charge in [-0.25, -0.2) is 4.79 Å². The number of rotatable bonds is 5. The zero-order chi connectivity index (χ0) is 23.6. The van der Waals surface area contributed by atoms with Crippen molar-refractivity contribution in [2.24, 2.45) is 0 Å². The fourth-order valence-electron chi connectivity index (χ4n) is 4.51. The van der Waals surface area contributed by atoms with Crippen LogP contribution < -0.4 is 10.4 Å². The van der Waals surface area contributed by atoms with Crippen LogP contribution in [0.3, 0.4) is 0 Å². The highest BCUT2D eigenvalue weighted by molar-refractivity contribution is 6.99.